The van der Waals surface area contributed by atoms with Crippen molar-refractivity contribution in [2.45, 2.75) is 8.45 Å². The standard InChI is InChI=1S/C12H10Cl2Si.2C9H7.Ti/c13-15(14,11-7-3-1-4-8-11)12-9-5-2-6-10-12;2*1-2-5-9-7-3-6-8(9)4-1;/h1-10H;2*1-7H;. The van der Waals surface area contributed by atoms with E-state index < -0.39 is 6.69 Å². The first-order valence-electron chi connectivity index (χ1n) is 11.4. The van der Waals surface area contributed by atoms with Crippen molar-refractivity contribution in [1.82, 2.24) is 0 Å². The van der Waals surface area contributed by atoms with Gasteiger partial charge in [-0.3, -0.25) is 0 Å². The van der Waals surface area contributed by atoms with Crippen LogP contribution in [0.2, 0.25) is 0 Å². The van der Waals surface area contributed by atoms with E-state index in [4.69, 9.17) is 22.2 Å². The molecule has 0 aromatic heterocycles. The molecule has 4 heteroatoms. The summed E-state index contributed by atoms with van der Waals surface area (Å²) in [7, 11) is 0. The first kappa shape index (κ1) is 23.6. The fraction of sp³-hybridized carbons (Fsp3) is 0.0667. The summed E-state index contributed by atoms with van der Waals surface area (Å²) in [5.74, 6) is 0. The quantitative estimate of drug-likeness (QED) is 0.191. The van der Waals surface area contributed by atoms with Crippen LogP contribution in [0.25, 0.3) is 12.2 Å². The van der Waals surface area contributed by atoms with Crippen LogP contribution < -0.4 is 10.4 Å². The third-order valence-corrected chi connectivity index (χ3v) is 13.7. The molecule has 2 unspecified atom stereocenters. The largest absolute Gasteiger partial charge is 0.310 e. The summed E-state index contributed by atoms with van der Waals surface area (Å²) in [5.41, 5.74) is 5.93. The number of hydrogen-bond donors (Lipinski definition) is 0. The molecule has 6 rings (SSSR count). The van der Waals surface area contributed by atoms with Gasteiger partial charge in [-0.15, -0.1) is 22.2 Å². The van der Waals surface area contributed by atoms with Crippen LogP contribution in [0.15, 0.2) is 121 Å². The van der Waals surface area contributed by atoms with E-state index in [0.29, 0.717) is 8.45 Å². The van der Waals surface area contributed by atoms with Crippen molar-refractivity contribution >= 4 is 51.4 Å². The fourth-order valence-corrected chi connectivity index (χ4v) is 10.1. The van der Waals surface area contributed by atoms with Gasteiger partial charge in [0, 0.05) is 0 Å². The number of hydrogen-bond acceptors (Lipinski definition) is 0. The van der Waals surface area contributed by atoms with Gasteiger partial charge in [-0.1, -0.05) is 60.7 Å². The van der Waals surface area contributed by atoms with E-state index in [0.717, 1.165) is 10.4 Å². The average Bonchev–Trinajstić information content (AvgIpc) is 3.50. The molecule has 0 saturated carbocycles. The minimum Gasteiger partial charge on any atom is -0.134 e. The minimum atomic E-state index is -2.51. The summed E-state index contributed by atoms with van der Waals surface area (Å²) in [6, 6.07) is 37.4. The molecule has 4 aromatic rings. The number of allylic oxidation sites excluding steroid dienone is 2. The topological polar surface area (TPSA) is 0 Å². The monoisotopic (exact) mass is 530 g/mol. The third-order valence-electron chi connectivity index (χ3n) is 6.23. The van der Waals surface area contributed by atoms with Crippen LogP contribution in [-0.2, 0) is 19.2 Å². The normalized spacial score (nSPS) is 17.5. The van der Waals surface area contributed by atoms with E-state index in [2.05, 4.69) is 72.8 Å². The predicted molar refractivity (Wildman–Crippen MR) is 146 cm³/mol. The Hall–Kier alpha value is -2.13. The van der Waals surface area contributed by atoms with Crippen molar-refractivity contribution in [3.8, 4) is 0 Å². The molecule has 0 N–H and O–H groups in total. The molecule has 2 aliphatic carbocycles. The molecule has 34 heavy (non-hydrogen) atoms. The van der Waals surface area contributed by atoms with Crippen LogP contribution in [0.4, 0.5) is 0 Å². The number of benzene rings is 4. The molecule has 0 bridgehead atoms. The predicted octanol–water partition coefficient (Wildman–Crippen LogP) is 7.33. The number of rotatable bonds is 4. The second-order valence-electron chi connectivity index (χ2n) is 8.40. The van der Waals surface area contributed by atoms with E-state index in [1.54, 1.807) is 11.1 Å². The molecular formula is C30H24Cl2SiTi. The first-order chi connectivity index (χ1) is 16.6. The maximum Gasteiger partial charge on any atom is 0.310 e. The van der Waals surface area contributed by atoms with Crippen molar-refractivity contribution in [2.75, 3.05) is 0 Å². The molecule has 4 aromatic carbocycles. The number of halogens is 2. The van der Waals surface area contributed by atoms with E-state index in [9.17, 15) is 0 Å². The van der Waals surface area contributed by atoms with E-state index in [1.807, 2.05) is 60.7 Å². The Kier molecular flexibility index (Phi) is 7.39. The van der Waals surface area contributed by atoms with Gasteiger partial charge < -0.3 is 0 Å². The summed E-state index contributed by atoms with van der Waals surface area (Å²) < 4.78 is 1.38. The second-order valence-corrected chi connectivity index (χ2v) is 17.2. The molecule has 2 aliphatic rings. The van der Waals surface area contributed by atoms with Crippen LogP contribution in [0, 0.1) is 0 Å². The first-order valence-corrected chi connectivity index (χ1v) is 17.2. The zero-order chi connectivity index (χ0) is 23.4. The van der Waals surface area contributed by atoms with Crippen molar-refractivity contribution in [3.05, 3.63) is 144 Å². The Morgan fingerprint density at radius 3 is 1.32 bits per heavy atom. The average molecular weight is 531 g/mol. The Balaban J connectivity index is 0.000000146. The molecule has 0 spiro atoms. The minimum absolute atomic E-state index is 0.0859. The van der Waals surface area contributed by atoms with Crippen molar-refractivity contribution in [2.24, 2.45) is 0 Å². The summed E-state index contributed by atoms with van der Waals surface area (Å²) in [4.78, 5) is 0. The van der Waals surface area contributed by atoms with Gasteiger partial charge in [0.05, 0.1) is 0 Å². The van der Waals surface area contributed by atoms with Crippen LogP contribution in [0.5, 0.6) is 0 Å². The van der Waals surface area contributed by atoms with E-state index >= 15 is 0 Å². The molecule has 0 amide bonds. The van der Waals surface area contributed by atoms with E-state index in [1.165, 1.54) is 11.1 Å². The molecular weight excluding hydrogens is 507 g/mol. The van der Waals surface area contributed by atoms with Gasteiger partial charge in [0.2, 0.25) is 0 Å². The van der Waals surface area contributed by atoms with Crippen molar-refractivity contribution < 1.29 is 19.2 Å². The molecule has 0 saturated heterocycles. The Labute approximate surface area is 221 Å². The van der Waals surface area contributed by atoms with Gasteiger partial charge in [-0.05, 0) is 10.4 Å². The summed E-state index contributed by atoms with van der Waals surface area (Å²) in [6.07, 6.45) is 9.43. The van der Waals surface area contributed by atoms with Crippen molar-refractivity contribution in [3.63, 3.8) is 0 Å². The summed E-state index contributed by atoms with van der Waals surface area (Å²) in [5, 5.41) is 2.05. The molecule has 0 radical (unpaired) electrons. The second kappa shape index (κ2) is 10.6. The summed E-state index contributed by atoms with van der Waals surface area (Å²) >= 11 is 12.9. The zero-order valence-electron chi connectivity index (χ0n) is 18.6. The number of fused-ring (bicyclic) bond motifs is 2. The molecule has 0 heterocycles. The smallest absolute Gasteiger partial charge is 0.134 e. The van der Waals surface area contributed by atoms with Crippen LogP contribution in [0.3, 0.4) is 0 Å². The molecule has 0 aliphatic heterocycles. The Bertz CT molecular complexity index is 1210. The Morgan fingerprint density at radius 2 is 0.882 bits per heavy atom. The van der Waals surface area contributed by atoms with Gasteiger partial charge in [-0.2, -0.15) is 0 Å². The fourth-order valence-electron chi connectivity index (χ4n) is 4.44. The van der Waals surface area contributed by atoms with Gasteiger partial charge in [-0.25, -0.2) is 0 Å². The van der Waals surface area contributed by atoms with Crippen LogP contribution in [-0.4, -0.2) is 6.69 Å². The summed E-state index contributed by atoms with van der Waals surface area (Å²) in [6.45, 7) is -2.51. The maximum absolute atomic E-state index is 6.49. The third kappa shape index (κ3) is 5.10. The molecule has 166 valence electrons. The SMILES string of the molecule is C1=C[CH]([Ti][CH]2C=Cc3ccccc32)c2ccccc21.Cl[Si](Cl)(c1ccccc1)c1ccccc1. The van der Waals surface area contributed by atoms with E-state index in [-0.39, 0.29) is 19.2 Å². The van der Waals surface area contributed by atoms with Crippen LogP contribution in [0.1, 0.15) is 30.7 Å². The Morgan fingerprint density at radius 1 is 0.500 bits per heavy atom. The van der Waals surface area contributed by atoms with Gasteiger partial charge >= 0.3 is 129 Å². The van der Waals surface area contributed by atoms with Gasteiger partial charge in [0.25, 0.3) is 0 Å². The maximum atomic E-state index is 6.49. The van der Waals surface area contributed by atoms with Gasteiger partial charge in [0.15, 0.2) is 0 Å². The zero-order valence-corrected chi connectivity index (χ0v) is 22.7. The van der Waals surface area contributed by atoms with Gasteiger partial charge in [0.1, 0.15) is 0 Å². The molecule has 0 fully saturated rings. The molecule has 2 atom stereocenters. The van der Waals surface area contributed by atoms with Crippen molar-refractivity contribution in [1.29, 1.82) is 0 Å². The molecule has 0 nitrogen and oxygen atoms in total. The van der Waals surface area contributed by atoms with Crippen LogP contribution >= 0.6 is 22.2 Å².